The lowest BCUT2D eigenvalue weighted by molar-refractivity contribution is 0.941. The van der Waals surface area contributed by atoms with Crippen molar-refractivity contribution in [3.05, 3.63) is 47.9 Å². The van der Waals surface area contributed by atoms with E-state index in [1.54, 1.807) is 17.4 Å². The van der Waals surface area contributed by atoms with Crippen LogP contribution in [0.5, 0.6) is 0 Å². The molecule has 0 aliphatic rings. The fraction of sp³-hybridized carbons (Fsp3) is 0.0909. The van der Waals surface area contributed by atoms with Gasteiger partial charge >= 0.3 is 0 Å². The Bertz CT molecular complexity index is 397. The zero-order valence-corrected chi connectivity index (χ0v) is 8.05. The third-order valence-corrected chi connectivity index (χ3v) is 3.24. The SMILES string of the molecule is C=CC(N)c1cc2ccccc2s1. The van der Waals surface area contributed by atoms with Crippen molar-refractivity contribution in [2.24, 2.45) is 5.73 Å². The average molecular weight is 189 g/mol. The molecule has 0 bridgehead atoms. The Balaban J connectivity index is 2.55. The number of hydrogen-bond donors (Lipinski definition) is 1. The molecule has 13 heavy (non-hydrogen) atoms. The molecule has 2 aromatic rings. The fourth-order valence-corrected chi connectivity index (χ4v) is 2.35. The molecule has 0 saturated heterocycles. The molecule has 2 N–H and O–H groups in total. The first kappa shape index (κ1) is 8.48. The van der Waals surface area contributed by atoms with Gasteiger partial charge < -0.3 is 5.73 Å². The molecule has 2 rings (SSSR count). The summed E-state index contributed by atoms with van der Waals surface area (Å²) in [6.45, 7) is 3.69. The summed E-state index contributed by atoms with van der Waals surface area (Å²) in [4.78, 5) is 1.18. The standard InChI is InChI=1S/C11H11NS/c1-2-9(12)11-7-8-5-3-4-6-10(8)13-11/h2-7,9H,1,12H2. The Hall–Kier alpha value is -1.12. The highest BCUT2D eigenvalue weighted by Crippen LogP contribution is 2.28. The summed E-state index contributed by atoms with van der Waals surface area (Å²) >= 11 is 1.73. The van der Waals surface area contributed by atoms with Crippen LogP contribution in [-0.2, 0) is 0 Å². The summed E-state index contributed by atoms with van der Waals surface area (Å²) in [5, 5.41) is 1.26. The molecule has 1 nitrogen and oxygen atoms in total. The molecule has 0 fully saturated rings. The minimum absolute atomic E-state index is 0.0302. The molecule has 66 valence electrons. The van der Waals surface area contributed by atoms with Gasteiger partial charge in [-0.25, -0.2) is 0 Å². The van der Waals surface area contributed by atoms with Gasteiger partial charge in [-0.3, -0.25) is 0 Å². The van der Waals surface area contributed by atoms with Crippen molar-refractivity contribution < 1.29 is 0 Å². The highest BCUT2D eigenvalue weighted by atomic mass is 32.1. The van der Waals surface area contributed by atoms with Crippen LogP contribution >= 0.6 is 11.3 Å². The predicted octanol–water partition coefficient (Wildman–Crippen LogP) is 3.09. The lowest BCUT2D eigenvalue weighted by Crippen LogP contribution is -2.03. The van der Waals surface area contributed by atoms with Crippen LogP contribution < -0.4 is 5.73 Å². The highest BCUT2D eigenvalue weighted by molar-refractivity contribution is 7.19. The second-order valence-electron chi connectivity index (χ2n) is 2.95. The maximum Gasteiger partial charge on any atom is 0.0573 e. The first-order valence-corrected chi connectivity index (χ1v) is 4.99. The van der Waals surface area contributed by atoms with Gasteiger partial charge in [-0.1, -0.05) is 24.3 Å². The van der Waals surface area contributed by atoms with Gasteiger partial charge in [-0.15, -0.1) is 17.9 Å². The number of benzene rings is 1. The maximum absolute atomic E-state index is 5.85. The third kappa shape index (κ3) is 1.50. The molecule has 1 aromatic carbocycles. The lowest BCUT2D eigenvalue weighted by atomic mass is 10.2. The highest BCUT2D eigenvalue weighted by Gasteiger charge is 2.05. The van der Waals surface area contributed by atoms with E-state index in [0.717, 1.165) is 0 Å². The van der Waals surface area contributed by atoms with E-state index in [0.29, 0.717) is 0 Å². The summed E-state index contributed by atoms with van der Waals surface area (Å²) in [5.41, 5.74) is 5.85. The second-order valence-corrected chi connectivity index (χ2v) is 4.06. The topological polar surface area (TPSA) is 26.0 Å². The van der Waals surface area contributed by atoms with Crippen LogP contribution in [0.2, 0.25) is 0 Å². The van der Waals surface area contributed by atoms with E-state index in [1.165, 1.54) is 15.0 Å². The summed E-state index contributed by atoms with van der Waals surface area (Å²) in [6.07, 6.45) is 1.77. The van der Waals surface area contributed by atoms with Crippen LogP contribution in [0.25, 0.3) is 10.1 Å². The Labute approximate surface area is 81.5 Å². The molecular formula is C11H11NS. The minimum atomic E-state index is -0.0302. The second kappa shape index (κ2) is 3.32. The summed E-state index contributed by atoms with van der Waals surface area (Å²) in [5.74, 6) is 0. The zero-order chi connectivity index (χ0) is 9.26. The van der Waals surface area contributed by atoms with Crippen LogP contribution in [0.1, 0.15) is 10.9 Å². The quantitative estimate of drug-likeness (QED) is 0.722. The first-order chi connectivity index (χ1) is 6.31. The molecule has 1 atom stereocenters. The summed E-state index contributed by atoms with van der Waals surface area (Å²) < 4.78 is 1.29. The number of rotatable bonds is 2. The van der Waals surface area contributed by atoms with E-state index in [1.807, 2.05) is 12.1 Å². The molecule has 0 aliphatic carbocycles. The Morgan fingerprint density at radius 3 is 2.85 bits per heavy atom. The van der Waals surface area contributed by atoms with Crippen molar-refractivity contribution in [1.29, 1.82) is 0 Å². The van der Waals surface area contributed by atoms with Gasteiger partial charge in [0.05, 0.1) is 6.04 Å². The monoisotopic (exact) mass is 189 g/mol. The minimum Gasteiger partial charge on any atom is -0.320 e. The zero-order valence-electron chi connectivity index (χ0n) is 7.23. The van der Waals surface area contributed by atoms with Crippen molar-refractivity contribution in [2.75, 3.05) is 0 Å². The molecule has 1 heterocycles. The van der Waals surface area contributed by atoms with E-state index >= 15 is 0 Å². The average Bonchev–Trinajstić information content (AvgIpc) is 2.59. The fourth-order valence-electron chi connectivity index (χ4n) is 1.28. The van der Waals surface area contributed by atoms with E-state index in [-0.39, 0.29) is 6.04 Å². The van der Waals surface area contributed by atoms with Crippen molar-refractivity contribution >= 4 is 21.4 Å². The van der Waals surface area contributed by atoms with Crippen LogP contribution in [0.3, 0.4) is 0 Å². The van der Waals surface area contributed by atoms with E-state index < -0.39 is 0 Å². The Morgan fingerprint density at radius 1 is 1.38 bits per heavy atom. The molecule has 0 amide bonds. The Kier molecular flexibility index (Phi) is 2.17. The molecular weight excluding hydrogens is 178 g/mol. The van der Waals surface area contributed by atoms with Gasteiger partial charge in [-0.05, 0) is 17.5 Å². The van der Waals surface area contributed by atoms with Gasteiger partial charge in [0.1, 0.15) is 0 Å². The lowest BCUT2D eigenvalue weighted by Gasteiger charge is -1.99. The van der Waals surface area contributed by atoms with Crippen molar-refractivity contribution in [2.45, 2.75) is 6.04 Å². The number of nitrogens with two attached hydrogens (primary N) is 1. The number of thiophene rings is 1. The van der Waals surface area contributed by atoms with Crippen LogP contribution in [0, 0.1) is 0 Å². The van der Waals surface area contributed by atoms with E-state index in [4.69, 9.17) is 5.73 Å². The first-order valence-electron chi connectivity index (χ1n) is 4.18. The molecule has 1 aromatic heterocycles. The van der Waals surface area contributed by atoms with Crippen molar-refractivity contribution in [1.82, 2.24) is 0 Å². The summed E-state index contributed by atoms with van der Waals surface area (Å²) in [6, 6.07) is 10.4. The van der Waals surface area contributed by atoms with Crippen molar-refractivity contribution in [3.63, 3.8) is 0 Å². The van der Waals surface area contributed by atoms with Gasteiger partial charge in [0, 0.05) is 9.58 Å². The van der Waals surface area contributed by atoms with Gasteiger partial charge in [0.25, 0.3) is 0 Å². The molecule has 2 heteroatoms. The van der Waals surface area contributed by atoms with Gasteiger partial charge in [0.15, 0.2) is 0 Å². The summed E-state index contributed by atoms with van der Waals surface area (Å²) in [7, 11) is 0. The molecule has 0 radical (unpaired) electrons. The van der Waals surface area contributed by atoms with Gasteiger partial charge in [0.2, 0.25) is 0 Å². The maximum atomic E-state index is 5.85. The van der Waals surface area contributed by atoms with E-state index in [2.05, 4.69) is 24.8 Å². The smallest absolute Gasteiger partial charge is 0.0573 e. The largest absolute Gasteiger partial charge is 0.320 e. The van der Waals surface area contributed by atoms with Crippen LogP contribution in [-0.4, -0.2) is 0 Å². The third-order valence-electron chi connectivity index (χ3n) is 2.03. The van der Waals surface area contributed by atoms with Crippen molar-refractivity contribution in [3.8, 4) is 0 Å². The van der Waals surface area contributed by atoms with E-state index in [9.17, 15) is 0 Å². The van der Waals surface area contributed by atoms with Crippen LogP contribution in [0.15, 0.2) is 43.0 Å². The number of fused-ring (bicyclic) bond motifs is 1. The molecule has 0 saturated carbocycles. The van der Waals surface area contributed by atoms with Gasteiger partial charge in [-0.2, -0.15) is 0 Å². The Morgan fingerprint density at radius 2 is 2.15 bits per heavy atom. The number of hydrogen-bond acceptors (Lipinski definition) is 2. The normalized spacial score (nSPS) is 13.0. The molecule has 1 unspecified atom stereocenters. The van der Waals surface area contributed by atoms with Crippen LogP contribution in [0.4, 0.5) is 0 Å². The predicted molar refractivity (Wildman–Crippen MR) is 59.0 cm³/mol. The molecule has 0 aliphatic heterocycles. The molecule has 0 spiro atoms.